The predicted octanol–water partition coefficient (Wildman–Crippen LogP) is 2.98. The lowest BCUT2D eigenvalue weighted by atomic mass is 9.97. The number of halogens is 1. The summed E-state index contributed by atoms with van der Waals surface area (Å²) >= 11 is 0. The van der Waals surface area contributed by atoms with Crippen molar-refractivity contribution in [2.45, 2.75) is 12.8 Å². The number of fused-ring (bicyclic) bond motifs is 1. The third kappa shape index (κ3) is 2.90. The smallest absolute Gasteiger partial charge is 0.258 e. The summed E-state index contributed by atoms with van der Waals surface area (Å²) in [5, 5.41) is 7.43. The predicted molar refractivity (Wildman–Crippen MR) is 91.4 cm³/mol. The summed E-state index contributed by atoms with van der Waals surface area (Å²) in [4.78, 5) is 12.6. The van der Waals surface area contributed by atoms with Gasteiger partial charge >= 0.3 is 0 Å². The highest BCUT2D eigenvalue weighted by Gasteiger charge is 2.19. The van der Waals surface area contributed by atoms with Crippen molar-refractivity contribution in [1.29, 1.82) is 0 Å². The molecule has 0 unspecified atom stereocenters. The maximum atomic E-state index is 5.45. The Labute approximate surface area is 144 Å². The van der Waals surface area contributed by atoms with Crippen LogP contribution in [-0.2, 0) is 6.42 Å². The molecule has 0 amide bonds. The van der Waals surface area contributed by atoms with Gasteiger partial charge in [0.25, 0.3) is 5.89 Å². The molecule has 24 heavy (non-hydrogen) atoms. The molecule has 3 heterocycles. The number of benzene rings is 1. The van der Waals surface area contributed by atoms with Crippen molar-refractivity contribution < 1.29 is 9.26 Å². The number of nitrogens with zero attached hydrogens (tertiary/aromatic N) is 4. The molecular formula is C16H16ClN5O2. The van der Waals surface area contributed by atoms with Gasteiger partial charge in [0.2, 0.25) is 11.7 Å². The summed E-state index contributed by atoms with van der Waals surface area (Å²) in [6.07, 6.45) is 3.50. The fourth-order valence-corrected chi connectivity index (χ4v) is 2.72. The lowest BCUT2D eigenvalue weighted by Gasteiger charge is -2.19. The fourth-order valence-electron chi connectivity index (χ4n) is 2.72. The number of ether oxygens (including phenoxy) is 1. The number of nitrogens with one attached hydrogen (secondary N) is 1. The minimum atomic E-state index is 0. The molecule has 1 aromatic carbocycles. The molecule has 1 aliphatic rings. The Bertz CT molecular complexity index is 852. The van der Waals surface area contributed by atoms with E-state index < -0.39 is 0 Å². The molecule has 0 fully saturated rings. The van der Waals surface area contributed by atoms with Gasteiger partial charge in [0.15, 0.2) is 0 Å². The molecule has 0 atom stereocenters. The second-order valence-corrected chi connectivity index (χ2v) is 5.23. The Kier molecular flexibility index (Phi) is 4.61. The van der Waals surface area contributed by atoms with E-state index in [0.717, 1.165) is 30.6 Å². The van der Waals surface area contributed by atoms with Crippen LogP contribution in [0.1, 0.15) is 12.0 Å². The Balaban J connectivity index is 0.00000169. The van der Waals surface area contributed by atoms with Gasteiger partial charge in [0, 0.05) is 23.9 Å². The van der Waals surface area contributed by atoms with E-state index >= 15 is 0 Å². The standard InChI is InChI=1S/C16H15N5O2.ClH/c1-22-14-8-13(18-9-19-14)15-20-16(23-21-15)11-4-2-6-12-10(11)5-3-7-17-12;/h2,4,6,8-9,17H,3,5,7H2,1H3;1H. The van der Waals surface area contributed by atoms with E-state index in [-0.39, 0.29) is 12.4 Å². The van der Waals surface area contributed by atoms with Gasteiger partial charge in [0.1, 0.15) is 12.0 Å². The van der Waals surface area contributed by atoms with Crippen molar-refractivity contribution in [3.63, 3.8) is 0 Å². The van der Waals surface area contributed by atoms with Gasteiger partial charge in [-0.05, 0) is 30.5 Å². The molecule has 3 aromatic rings. The molecule has 0 spiro atoms. The topological polar surface area (TPSA) is 86.0 Å². The van der Waals surface area contributed by atoms with Gasteiger partial charge in [-0.1, -0.05) is 11.2 Å². The molecule has 0 radical (unpaired) electrons. The van der Waals surface area contributed by atoms with Gasteiger partial charge in [-0.15, -0.1) is 12.4 Å². The first-order valence-corrected chi connectivity index (χ1v) is 7.41. The molecule has 7 nitrogen and oxygen atoms in total. The van der Waals surface area contributed by atoms with Gasteiger partial charge in [-0.25, -0.2) is 9.97 Å². The highest BCUT2D eigenvalue weighted by atomic mass is 35.5. The Morgan fingerprint density at radius 1 is 1.25 bits per heavy atom. The molecule has 1 N–H and O–H groups in total. The zero-order valence-electron chi connectivity index (χ0n) is 13.0. The second kappa shape index (κ2) is 6.84. The number of aromatic nitrogens is 4. The number of anilines is 1. The largest absolute Gasteiger partial charge is 0.481 e. The molecular weight excluding hydrogens is 330 g/mol. The molecule has 4 rings (SSSR count). The molecule has 124 valence electrons. The van der Waals surface area contributed by atoms with E-state index in [0.29, 0.717) is 23.3 Å². The lowest BCUT2D eigenvalue weighted by molar-refractivity contribution is 0.397. The van der Waals surface area contributed by atoms with Crippen LogP contribution in [0, 0.1) is 0 Å². The number of hydrogen-bond acceptors (Lipinski definition) is 7. The minimum absolute atomic E-state index is 0. The van der Waals surface area contributed by atoms with Crippen LogP contribution >= 0.6 is 12.4 Å². The maximum Gasteiger partial charge on any atom is 0.258 e. The third-order valence-corrected chi connectivity index (χ3v) is 3.83. The molecule has 0 bridgehead atoms. The summed E-state index contributed by atoms with van der Waals surface area (Å²) in [7, 11) is 1.55. The van der Waals surface area contributed by atoms with Crippen molar-refractivity contribution in [3.05, 3.63) is 36.2 Å². The van der Waals surface area contributed by atoms with E-state index in [4.69, 9.17) is 9.26 Å². The third-order valence-electron chi connectivity index (χ3n) is 3.83. The van der Waals surface area contributed by atoms with Crippen LogP contribution in [0.4, 0.5) is 5.69 Å². The summed E-state index contributed by atoms with van der Waals surface area (Å²) in [6, 6.07) is 7.75. The minimum Gasteiger partial charge on any atom is -0.481 e. The van der Waals surface area contributed by atoms with Gasteiger partial charge in [-0.2, -0.15) is 4.98 Å². The van der Waals surface area contributed by atoms with Gasteiger partial charge in [-0.3, -0.25) is 0 Å². The van der Waals surface area contributed by atoms with Crippen LogP contribution in [-0.4, -0.2) is 33.8 Å². The first kappa shape index (κ1) is 16.2. The summed E-state index contributed by atoms with van der Waals surface area (Å²) < 4.78 is 10.6. The summed E-state index contributed by atoms with van der Waals surface area (Å²) in [5.74, 6) is 1.38. The van der Waals surface area contributed by atoms with Gasteiger partial charge < -0.3 is 14.6 Å². The van der Waals surface area contributed by atoms with Crippen LogP contribution < -0.4 is 10.1 Å². The quantitative estimate of drug-likeness (QED) is 0.780. The van der Waals surface area contributed by atoms with Crippen molar-refractivity contribution >= 4 is 18.1 Å². The fraction of sp³-hybridized carbons (Fsp3) is 0.250. The maximum absolute atomic E-state index is 5.45. The van der Waals surface area contributed by atoms with E-state index in [1.54, 1.807) is 13.2 Å². The van der Waals surface area contributed by atoms with Crippen molar-refractivity contribution in [1.82, 2.24) is 20.1 Å². The van der Waals surface area contributed by atoms with Gasteiger partial charge in [0.05, 0.1) is 7.11 Å². The van der Waals surface area contributed by atoms with Crippen molar-refractivity contribution in [2.24, 2.45) is 0 Å². The summed E-state index contributed by atoms with van der Waals surface area (Å²) in [5.41, 5.74) is 3.88. The van der Waals surface area contributed by atoms with Crippen molar-refractivity contribution in [2.75, 3.05) is 19.0 Å². The highest BCUT2D eigenvalue weighted by molar-refractivity contribution is 5.85. The Morgan fingerprint density at radius 2 is 2.17 bits per heavy atom. The average Bonchev–Trinajstić information content (AvgIpc) is 3.11. The van der Waals surface area contributed by atoms with Crippen LogP contribution in [0.2, 0.25) is 0 Å². The second-order valence-electron chi connectivity index (χ2n) is 5.23. The van der Waals surface area contributed by atoms with E-state index in [1.807, 2.05) is 12.1 Å². The summed E-state index contributed by atoms with van der Waals surface area (Å²) in [6.45, 7) is 0.992. The Morgan fingerprint density at radius 3 is 3.04 bits per heavy atom. The van der Waals surface area contributed by atoms with E-state index in [1.165, 1.54) is 11.9 Å². The molecule has 0 saturated heterocycles. The van der Waals surface area contributed by atoms with Crippen LogP contribution in [0.25, 0.3) is 23.0 Å². The molecule has 2 aromatic heterocycles. The zero-order valence-corrected chi connectivity index (χ0v) is 13.8. The highest BCUT2D eigenvalue weighted by Crippen LogP contribution is 2.32. The molecule has 8 heteroatoms. The zero-order chi connectivity index (χ0) is 15.6. The van der Waals surface area contributed by atoms with E-state index in [9.17, 15) is 0 Å². The molecule has 0 saturated carbocycles. The van der Waals surface area contributed by atoms with Crippen LogP contribution in [0.15, 0.2) is 35.1 Å². The van der Waals surface area contributed by atoms with Crippen LogP contribution in [0.3, 0.4) is 0 Å². The van der Waals surface area contributed by atoms with Crippen LogP contribution in [0.5, 0.6) is 5.88 Å². The number of rotatable bonds is 3. The van der Waals surface area contributed by atoms with Crippen molar-refractivity contribution in [3.8, 4) is 28.9 Å². The SMILES string of the molecule is COc1cc(-c2noc(-c3cccc4c3CCCN4)n2)ncn1.Cl. The van der Waals surface area contributed by atoms with E-state index in [2.05, 4.69) is 31.5 Å². The number of methoxy groups -OCH3 is 1. The first-order chi connectivity index (χ1) is 11.3. The average molecular weight is 346 g/mol. The lowest BCUT2D eigenvalue weighted by Crippen LogP contribution is -2.12. The number of hydrogen-bond donors (Lipinski definition) is 1. The molecule has 0 aliphatic carbocycles. The first-order valence-electron chi connectivity index (χ1n) is 7.41. The Hall–Kier alpha value is -2.67. The monoisotopic (exact) mass is 345 g/mol. The molecule has 1 aliphatic heterocycles. The normalized spacial score (nSPS) is 12.7.